The summed E-state index contributed by atoms with van der Waals surface area (Å²) in [7, 11) is 2.11. The van der Waals surface area contributed by atoms with Crippen molar-refractivity contribution in [2.24, 2.45) is 11.8 Å². The third-order valence-electron chi connectivity index (χ3n) is 6.59. The van der Waals surface area contributed by atoms with E-state index in [9.17, 15) is 0 Å². The summed E-state index contributed by atoms with van der Waals surface area (Å²) in [5.74, 6) is 1.75. The minimum Gasteiger partial charge on any atom is -0.365 e. The first-order valence-corrected chi connectivity index (χ1v) is 10.6. The lowest BCUT2D eigenvalue weighted by Crippen LogP contribution is -2.39. The van der Waals surface area contributed by atoms with Gasteiger partial charge in [-0.2, -0.15) is 0 Å². The molecule has 3 rings (SSSR count). The highest BCUT2D eigenvalue weighted by molar-refractivity contribution is 5.30. The molecular formula is C24H37N3. The maximum atomic E-state index is 4.50. The molecule has 1 aliphatic heterocycles. The Morgan fingerprint density at radius 2 is 2.04 bits per heavy atom. The number of nitrogens with one attached hydrogen (secondary N) is 1. The van der Waals surface area contributed by atoms with Crippen LogP contribution in [0.2, 0.25) is 0 Å². The summed E-state index contributed by atoms with van der Waals surface area (Å²) in [5, 5.41) is 3.50. The first kappa shape index (κ1) is 19.9. The number of benzene rings is 1. The maximum Gasteiger partial charge on any atom is 0.0870 e. The zero-order valence-electron chi connectivity index (χ0n) is 17.7. The van der Waals surface area contributed by atoms with Gasteiger partial charge in [0.25, 0.3) is 0 Å². The Hall–Kier alpha value is -1.90. The molecule has 1 saturated carbocycles. The molecule has 0 bridgehead atoms. The second-order valence-corrected chi connectivity index (χ2v) is 8.65. The highest BCUT2D eigenvalue weighted by Gasteiger charge is 2.30. The number of nitrogens with zero attached hydrogens (tertiary/aromatic N) is 2. The van der Waals surface area contributed by atoms with Crippen LogP contribution in [-0.4, -0.2) is 29.6 Å². The molecule has 0 aromatic heterocycles. The van der Waals surface area contributed by atoms with Crippen LogP contribution in [0.15, 0.2) is 48.4 Å². The Bertz CT molecular complexity index is 670. The van der Waals surface area contributed by atoms with Crippen molar-refractivity contribution in [3.63, 3.8) is 0 Å². The highest BCUT2D eigenvalue weighted by atomic mass is 15.3. The van der Waals surface area contributed by atoms with E-state index in [0.717, 1.165) is 30.7 Å². The molecule has 3 nitrogen and oxygen atoms in total. The lowest BCUT2D eigenvalue weighted by molar-refractivity contribution is 0.144. The van der Waals surface area contributed by atoms with Gasteiger partial charge in [0.1, 0.15) is 0 Å². The topological polar surface area (TPSA) is 18.5 Å². The molecule has 1 aromatic rings. The Kier molecular flexibility index (Phi) is 6.51. The minimum absolute atomic E-state index is 0.590. The molecule has 0 saturated heterocycles. The summed E-state index contributed by atoms with van der Waals surface area (Å²) in [6.45, 7) is 13.3. The molecule has 0 amide bonds. The third-order valence-corrected chi connectivity index (χ3v) is 6.59. The van der Waals surface area contributed by atoms with Crippen molar-refractivity contribution in [3.05, 3.63) is 59.6 Å². The molecule has 0 spiro atoms. The van der Waals surface area contributed by atoms with Gasteiger partial charge in [0, 0.05) is 25.8 Å². The first-order valence-electron chi connectivity index (χ1n) is 10.6. The summed E-state index contributed by atoms with van der Waals surface area (Å²) in [6, 6.07) is 9.50. The summed E-state index contributed by atoms with van der Waals surface area (Å²) in [6.07, 6.45) is 8.76. The average molecular weight is 368 g/mol. The van der Waals surface area contributed by atoms with E-state index in [1.54, 1.807) is 0 Å². The van der Waals surface area contributed by atoms with E-state index in [-0.39, 0.29) is 0 Å². The van der Waals surface area contributed by atoms with Crippen LogP contribution in [-0.2, 0) is 6.54 Å². The van der Waals surface area contributed by atoms with E-state index in [1.807, 2.05) is 0 Å². The highest BCUT2D eigenvalue weighted by Crippen LogP contribution is 2.36. The normalized spacial score (nSPS) is 23.6. The van der Waals surface area contributed by atoms with Crippen LogP contribution in [0, 0.1) is 18.8 Å². The van der Waals surface area contributed by atoms with Crippen molar-refractivity contribution in [2.45, 2.75) is 65.5 Å². The van der Waals surface area contributed by atoms with Gasteiger partial charge in [-0.15, -0.1) is 0 Å². The first-order chi connectivity index (χ1) is 13.0. The SMILES string of the molecule is C=C(C1=CN(C)CN1)N(Cc1cccc(C)c1)C1CCC(C(C)CC)CC1. The summed E-state index contributed by atoms with van der Waals surface area (Å²) in [4.78, 5) is 4.75. The molecule has 27 heavy (non-hydrogen) atoms. The molecule has 1 aliphatic carbocycles. The van der Waals surface area contributed by atoms with Crippen molar-refractivity contribution in [3.8, 4) is 0 Å². The van der Waals surface area contributed by atoms with Gasteiger partial charge in [0.2, 0.25) is 0 Å². The van der Waals surface area contributed by atoms with Gasteiger partial charge in [-0.3, -0.25) is 0 Å². The van der Waals surface area contributed by atoms with E-state index in [2.05, 4.69) is 80.0 Å². The summed E-state index contributed by atoms with van der Waals surface area (Å²) < 4.78 is 0. The van der Waals surface area contributed by atoms with Crippen molar-refractivity contribution in [1.29, 1.82) is 0 Å². The predicted molar refractivity (Wildman–Crippen MR) is 115 cm³/mol. The van der Waals surface area contributed by atoms with Crippen LogP contribution in [0.4, 0.5) is 0 Å². The van der Waals surface area contributed by atoms with Gasteiger partial charge in [-0.05, 0) is 50.0 Å². The Labute approximate surface area is 166 Å². The second kappa shape index (κ2) is 8.86. The molecule has 1 heterocycles. The van der Waals surface area contributed by atoms with E-state index in [4.69, 9.17) is 0 Å². The van der Waals surface area contributed by atoms with Crippen LogP contribution in [0.3, 0.4) is 0 Å². The third kappa shape index (κ3) is 4.88. The average Bonchev–Trinajstić information content (AvgIpc) is 3.11. The van der Waals surface area contributed by atoms with Crippen LogP contribution < -0.4 is 5.32 Å². The molecule has 1 fully saturated rings. The standard InChI is InChI=1S/C24H37N3/c1-6-19(3)22-10-12-23(13-11-22)27(15-21-9-7-8-18(2)14-21)20(4)24-16-26(5)17-25-24/h7-9,14,16,19,22-23,25H,4,6,10-13,15,17H2,1-3,5H3. The van der Waals surface area contributed by atoms with E-state index in [0.29, 0.717) is 6.04 Å². The lowest BCUT2D eigenvalue weighted by Gasteiger charge is -2.41. The van der Waals surface area contributed by atoms with Gasteiger partial charge in [-0.1, -0.05) is 56.7 Å². The van der Waals surface area contributed by atoms with Crippen LogP contribution in [0.5, 0.6) is 0 Å². The zero-order chi connectivity index (χ0) is 19.4. The molecule has 148 valence electrons. The fourth-order valence-electron chi connectivity index (χ4n) is 4.62. The zero-order valence-corrected chi connectivity index (χ0v) is 17.7. The van der Waals surface area contributed by atoms with Crippen molar-refractivity contribution in [1.82, 2.24) is 15.1 Å². The van der Waals surface area contributed by atoms with E-state index >= 15 is 0 Å². The molecular weight excluding hydrogens is 330 g/mol. The molecule has 1 atom stereocenters. The fraction of sp³-hybridized carbons (Fsp3) is 0.583. The molecule has 1 aromatic carbocycles. The van der Waals surface area contributed by atoms with Gasteiger partial charge in [0.15, 0.2) is 0 Å². The number of hydrogen-bond acceptors (Lipinski definition) is 3. The van der Waals surface area contributed by atoms with Crippen molar-refractivity contribution >= 4 is 0 Å². The van der Waals surface area contributed by atoms with Crippen LogP contribution >= 0.6 is 0 Å². The lowest BCUT2D eigenvalue weighted by atomic mass is 9.77. The van der Waals surface area contributed by atoms with Gasteiger partial charge < -0.3 is 15.1 Å². The van der Waals surface area contributed by atoms with Crippen LogP contribution in [0.25, 0.3) is 0 Å². The monoisotopic (exact) mass is 367 g/mol. The van der Waals surface area contributed by atoms with Gasteiger partial charge >= 0.3 is 0 Å². The Morgan fingerprint density at radius 3 is 2.63 bits per heavy atom. The fourth-order valence-corrected chi connectivity index (χ4v) is 4.62. The molecule has 2 aliphatic rings. The predicted octanol–water partition coefficient (Wildman–Crippen LogP) is 5.25. The Balaban J connectivity index is 1.76. The van der Waals surface area contributed by atoms with Crippen LogP contribution in [0.1, 0.15) is 57.1 Å². The smallest absolute Gasteiger partial charge is 0.0870 e. The quantitative estimate of drug-likeness (QED) is 0.710. The number of rotatable bonds is 7. The molecule has 0 radical (unpaired) electrons. The van der Waals surface area contributed by atoms with Gasteiger partial charge in [-0.25, -0.2) is 0 Å². The molecule has 3 heteroatoms. The number of aryl methyl sites for hydroxylation is 1. The summed E-state index contributed by atoms with van der Waals surface area (Å²) >= 11 is 0. The summed E-state index contributed by atoms with van der Waals surface area (Å²) in [5.41, 5.74) is 5.03. The number of hydrogen-bond donors (Lipinski definition) is 1. The van der Waals surface area contributed by atoms with E-state index in [1.165, 1.54) is 48.9 Å². The Morgan fingerprint density at radius 1 is 1.30 bits per heavy atom. The van der Waals surface area contributed by atoms with Crippen molar-refractivity contribution in [2.75, 3.05) is 13.7 Å². The minimum atomic E-state index is 0.590. The molecule has 1 N–H and O–H groups in total. The van der Waals surface area contributed by atoms with E-state index < -0.39 is 0 Å². The van der Waals surface area contributed by atoms with Crippen molar-refractivity contribution < 1.29 is 0 Å². The maximum absolute atomic E-state index is 4.50. The largest absolute Gasteiger partial charge is 0.365 e. The molecule has 1 unspecified atom stereocenters. The second-order valence-electron chi connectivity index (χ2n) is 8.65. The van der Waals surface area contributed by atoms with Gasteiger partial charge in [0.05, 0.1) is 18.1 Å².